The summed E-state index contributed by atoms with van der Waals surface area (Å²) in [6, 6.07) is 22.4. The van der Waals surface area contributed by atoms with Crippen LogP contribution in [0.25, 0.3) is 16.8 Å². The summed E-state index contributed by atoms with van der Waals surface area (Å²) in [5.74, 6) is 0. The van der Waals surface area contributed by atoms with Crippen LogP contribution in [-0.2, 0) is 4.79 Å². The molecule has 0 heterocycles. The lowest BCUT2D eigenvalue weighted by Crippen LogP contribution is -1.87. The zero-order chi connectivity index (χ0) is 16.1. The van der Waals surface area contributed by atoms with Gasteiger partial charge in [0, 0.05) is 10.6 Å². The number of nitrogens with one attached hydrogen (secondary N) is 1. The van der Waals surface area contributed by atoms with Crippen LogP contribution >= 0.6 is 23.5 Å². The first-order valence-corrected chi connectivity index (χ1v) is 8.29. The molecule has 2 nitrogen and oxygen atoms in total. The Hall–Kier alpha value is -2.23. The van der Waals surface area contributed by atoms with Gasteiger partial charge in [-0.05, 0) is 70.2 Å². The van der Waals surface area contributed by atoms with Crippen LogP contribution in [0.15, 0.2) is 77.7 Å². The van der Waals surface area contributed by atoms with Crippen LogP contribution in [0.1, 0.15) is 5.56 Å². The second-order valence-corrected chi connectivity index (χ2v) is 6.23. The zero-order valence-corrected chi connectivity index (χ0v) is 13.8. The first-order chi connectivity index (χ1) is 11.2. The van der Waals surface area contributed by atoms with Gasteiger partial charge in [-0.1, -0.05) is 48.5 Å². The van der Waals surface area contributed by atoms with Crippen molar-refractivity contribution in [3.05, 3.63) is 78.4 Å². The van der Waals surface area contributed by atoms with Crippen molar-refractivity contribution in [1.29, 1.82) is 0 Å². The molecule has 0 amide bonds. The van der Waals surface area contributed by atoms with Gasteiger partial charge in [0.15, 0.2) is 0 Å². The normalized spacial score (nSPS) is 11.0. The summed E-state index contributed by atoms with van der Waals surface area (Å²) in [6.45, 7) is 0. The van der Waals surface area contributed by atoms with Gasteiger partial charge < -0.3 is 4.72 Å². The van der Waals surface area contributed by atoms with Gasteiger partial charge in [0.05, 0.1) is 0 Å². The number of allylic oxidation sites excluding steroid dienone is 1. The summed E-state index contributed by atoms with van der Waals surface area (Å²) in [5, 5.41) is 1.95. The van der Waals surface area contributed by atoms with Crippen LogP contribution in [0.3, 0.4) is 0 Å². The van der Waals surface area contributed by atoms with Gasteiger partial charge in [0.1, 0.15) is 0 Å². The molecule has 3 aromatic rings. The third-order valence-electron chi connectivity index (χ3n) is 3.30. The molecule has 0 aliphatic heterocycles. The van der Waals surface area contributed by atoms with E-state index in [1.807, 2.05) is 36.4 Å². The molecule has 0 aliphatic rings. The maximum atomic E-state index is 10.8. The summed E-state index contributed by atoms with van der Waals surface area (Å²) in [4.78, 5) is 11.8. The van der Waals surface area contributed by atoms with Crippen LogP contribution < -0.4 is 4.72 Å². The molecule has 0 aromatic heterocycles. The molecule has 0 fully saturated rings. The molecule has 114 valence electrons. The summed E-state index contributed by atoms with van der Waals surface area (Å²) in [6.07, 6.45) is 3.05. The van der Waals surface area contributed by atoms with Crippen molar-refractivity contribution in [3.8, 4) is 0 Å². The molecule has 3 rings (SSSR count). The molecule has 23 heavy (non-hydrogen) atoms. The second kappa shape index (κ2) is 7.36. The summed E-state index contributed by atoms with van der Waals surface area (Å²) in [7, 11) is 0. The van der Waals surface area contributed by atoms with Gasteiger partial charge in [-0.25, -0.2) is 0 Å². The number of benzene rings is 3. The highest BCUT2D eigenvalue weighted by Gasteiger charge is 1.99. The second-order valence-electron chi connectivity index (χ2n) is 4.98. The minimum Gasteiger partial charge on any atom is -0.326 e. The van der Waals surface area contributed by atoms with Crippen molar-refractivity contribution in [1.82, 2.24) is 0 Å². The number of rotatable bonds is 5. The van der Waals surface area contributed by atoms with Crippen LogP contribution in [-0.4, -0.2) is 5.24 Å². The molecule has 1 N–H and O–H groups in total. The number of hydrogen-bond acceptors (Lipinski definition) is 3. The zero-order valence-electron chi connectivity index (χ0n) is 12.2. The molecule has 0 spiro atoms. The third-order valence-corrected chi connectivity index (χ3v) is 4.25. The predicted molar refractivity (Wildman–Crippen MR) is 99.8 cm³/mol. The first-order valence-electron chi connectivity index (χ1n) is 7.10. The standard InChI is InChI=1S/C19H14ClNOS/c20-19(22)11-8-14-4-3-7-18(12-14)23-21-17-10-9-15-5-1-2-6-16(15)13-17/h1-13,21H/b11-8+. The number of carbonyl (C=O) groups excluding carboxylic acids is 1. The topological polar surface area (TPSA) is 29.1 Å². The SMILES string of the molecule is O=C(Cl)/C=C/c1cccc(SNc2ccc3ccccc3c2)c1. The lowest BCUT2D eigenvalue weighted by Gasteiger charge is -2.07. The van der Waals surface area contributed by atoms with Crippen LogP contribution in [0.4, 0.5) is 5.69 Å². The number of hydrogen-bond donors (Lipinski definition) is 1. The largest absolute Gasteiger partial charge is 0.326 e. The van der Waals surface area contributed by atoms with Crippen LogP contribution in [0, 0.1) is 0 Å². The molecule has 0 unspecified atom stereocenters. The highest BCUT2D eigenvalue weighted by atomic mass is 35.5. The van der Waals surface area contributed by atoms with Gasteiger partial charge in [-0.3, -0.25) is 4.79 Å². The summed E-state index contributed by atoms with van der Waals surface area (Å²) in [5.41, 5.74) is 1.98. The quantitative estimate of drug-likeness (QED) is 0.365. The number of halogens is 1. The average Bonchev–Trinajstić information content (AvgIpc) is 2.58. The van der Waals surface area contributed by atoms with Crippen LogP contribution in [0.5, 0.6) is 0 Å². The number of fused-ring (bicyclic) bond motifs is 1. The molecular formula is C19H14ClNOS. The Morgan fingerprint density at radius 2 is 1.78 bits per heavy atom. The first kappa shape index (κ1) is 15.7. The van der Waals surface area contributed by atoms with Crippen molar-refractivity contribution >= 4 is 51.3 Å². The number of carbonyl (C=O) groups is 1. The van der Waals surface area contributed by atoms with Crippen LogP contribution in [0.2, 0.25) is 0 Å². The van der Waals surface area contributed by atoms with E-state index >= 15 is 0 Å². The highest BCUT2D eigenvalue weighted by molar-refractivity contribution is 8.00. The Kier molecular flexibility index (Phi) is 5.01. The molecule has 0 bridgehead atoms. The van der Waals surface area contributed by atoms with Gasteiger partial charge in [-0.15, -0.1) is 0 Å². The molecular weight excluding hydrogens is 326 g/mol. The van der Waals surface area contributed by atoms with Crippen molar-refractivity contribution in [2.24, 2.45) is 0 Å². The molecule has 0 atom stereocenters. The predicted octanol–water partition coefficient (Wildman–Crippen LogP) is 5.74. The fraction of sp³-hybridized carbons (Fsp3) is 0. The lowest BCUT2D eigenvalue weighted by molar-refractivity contribution is -0.107. The van der Waals surface area contributed by atoms with Crippen molar-refractivity contribution in [2.45, 2.75) is 4.90 Å². The van der Waals surface area contributed by atoms with E-state index in [9.17, 15) is 4.79 Å². The van der Waals surface area contributed by atoms with Gasteiger partial charge in [-0.2, -0.15) is 0 Å². The Morgan fingerprint density at radius 3 is 2.61 bits per heavy atom. The summed E-state index contributed by atoms with van der Waals surface area (Å²) >= 11 is 6.84. The lowest BCUT2D eigenvalue weighted by atomic mass is 10.1. The molecule has 0 aliphatic carbocycles. The van der Waals surface area contributed by atoms with Crippen molar-refractivity contribution < 1.29 is 4.79 Å². The fourth-order valence-corrected chi connectivity index (χ4v) is 2.98. The maximum absolute atomic E-state index is 10.8. The average molecular weight is 340 g/mol. The highest BCUT2D eigenvalue weighted by Crippen LogP contribution is 2.25. The minimum atomic E-state index is -0.475. The van der Waals surface area contributed by atoms with Gasteiger partial charge in [0.2, 0.25) is 5.24 Å². The Labute approximate surface area is 144 Å². The van der Waals surface area contributed by atoms with E-state index in [0.29, 0.717) is 0 Å². The van der Waals surface area contributed by atoms with E-state index in [1.165, 1.54) is 28.8 Å². The monoisotopic (exact) mass is 339 g/mol. The molecule has 0 saturated carbocycles. The van der Waals surface area contributed by atoms with Crippen molar-refractivity contribution in [2.75, 3.05) is 4.72 Å². The molecule has 0 saturated heterocycles. The Balaban J connectivity index is 1.71. The Morgan fingerprint density at radius 1 is 0.957 bits per heavy atom. The third kappa shape index (κ3) is 4.38. The van der Waals surface area contributed by atoms with Gasteiger partial charge >= 0.3 is 0 Å². The Bertz CT molecular complexity index is 876. The van der Waals surface area contributed by atoms with E-state index in [4.69, 9.17) is 11.6 Å². The molecule has 4 heteroatoms. The van der Waals surface area contributed by atoms with Gasteiger partial charge in [0.25, 0.3) is 0 Å². The molecule has 0 radical (unpaired) electrons. The summed E-state index contributed by atoms with van der Waals surface area (Å²) < 4.78 is 3.34. The van der Waals surface area contributed by atoms with Crippen molar-refractivity contribution in [3.63, 3.8) is 0 Å². The van der Waals surface area contributed by atoms with E-state index in [-0.39, 0.29) is 0 Å². The van der Waals surface area contributed by atoms with E-state index in [0.717, 1.165) is 16.1 Å². The smallest absolute Gasteiger partial charge is 0.245 e. The van der Waals surface area contributed by atoms with E-state index < -0.39 is 5.24 Å². The fourth-order valence-electron chi connectivity index (χ4n) is 2.21. The maximum Gasteiger partial charge on any atom is 0.245 e. The minimum absolute atomic E-state index is 0.475. The van der Waals surface area contributed by atoms with E-state index in [1.54, 1.807) is 6.08 Å². The number of anilines is 1. The molecule has 3 aromatic carbocycles. The van der Waals surface area contributed by atoms with E-state index in [2.05, 4.69) is 35.1 Å².